The summed E-state index contributed by atoms with van der Waals surface area (Å²) in [6, 6.07) is 13.0. The van der Waals surface area contributed by atoms with E-state index in [0.717, 1.165) is 34.5 Å². The number of fused-ring (bicyclic) bond motifs is 1. The van der Waals surface area contributed by atoms with E-state index >= 15 is 0 Å². The largest absolute Gasteiger partial charge is 0.490 e. The molecule has 0 atom stereocenters. The highest BCUT2D eigenvalue weighted by molar-refractivity contribution is 9.10. The van der Waals surface area contributed by atoms with Gasteiger partial charge in [0.05, 0.1) is 12.2 Å². The van der Waals surface area contributed by atoms with Gasteiger partial charge in [-0.05, 0) is 79.6 Å². The van der Waals surface area contributed by atoms with Gasteiger partial charge in [0.1, 0.15) is 24.0 Å². The Balaban J connectivity index is 1.40. The van der Waals surface area contributed by atoms with Crippen molar-refractivity contribution >= 4 is 55.7 Å². The number of hydrogen-bond donors (Lipinski definition) is 1. The van der Waals surface area contributed by atoms with E-state index < -0.39 is 5.91 Å². The first-order valence-electron chi connectivity index (χ1n) is 13.3. The number of halogens is 1. The van der Waals surface area contributed by atoms with E-state index in [1.165, 1.54) is 36.0 Å². The molecule has 0 fully saturated rings. The van der Waals surface area contributed by atoms with Crippen LogP contribution >= 0.6 is 27.7 Å². The molecule has 4 rings (SSSR count). The van der Waals surface area contributed by atoms with Crippen molar-refractivity contribution in [2.24, 2.45) is 10.1 Å². The fourth-order valence-electron chi connectivity index (χ4n) is 4.02. The van der Waals surface area contributed by atoms with E-state index in [0.29, 0.717) is 42.1 Å². The van der Waals surface area contributed by atoms with Crippen molar-refractivity contribution in [2.75, 3.05) is 19.8 Å². The van der Waals surface area contributed by atoms with Crippen LogP contribution in [-0.4, -0.2) is 46.8 Å². The summed E-state index contributed by atoms with van der Waals surface area (Å²) >= 11 is 4.79. The van der Waals surface area contributed by atoms with Crippen molar-refractivity contribution in [1.29, 1.82) is 5.41 Å². The fourth-order valence-corrected chi connectivity index (χ4v) is 5.21. The Labute approximate surface area is 242 Å². The molecule has 10 heteroatoms. The molecular weight excluding hydrogens is 580 g/mol. The van der Waals surface area contributed by atoms with Gasteiger partial charge >= 0.3 is 0 Å². The molecule has 0 aliphatic carbocycles. The number of hydrazone groups is 1. The Morgan fingerprint density at radius 2 is 1.74 bits per heavy atom. The van der Waals surface area contributed by atoms with Gasteiger partial charge in [-0.15, -0.1) is 0 Å². The van der Waals surface area contributed by atoms with Gasteiger partial charge in [-0.2, -0.15) is 15.1 Å². The van der Waals surface area contributed by atoms with Gasteiger partial charge in [-0.3, -0.25) is 10.2 Å². The number of amides is 1. The quantitative estimate of drug-likeness (QED) is 0.178. The number of carbonyl (C=O) groups excluding carboxylic acids is 1. The maximum atomic E-state index is 12.8. The van der Waals surface area contributed by atoms with Gasteiger partial charge in [0.2, 0.25) is 5.17 Å². The first kappa shape index (κ1) is 28.9. The second-order valence-electron chi connectivity index (χ2n) is 8.97. The third-order valence-electron chi connectivity index (χ3n) is 5.99. The van der Waals surface area contributed by atoms with Crippen molar-refractivity contribution in [2.45, 2.75) is 52.4 Å². The van der Waals surface area contributed by atoms with Crippen molar-refractivity contribution < 1.29 is 19.0 Å². The molecule has 0 spiro atoms. The second kappa shape index (κ2) is 14.3. The summed E-state index contributed by atoms with van der Waals surface area (Å²) in [5.74, 6) is 1.48. The molecule has 1 amide bonds. The van der Waals surface area contributed by atoms with Crippen molar-refractivity contribution in [1.82, 2.24) is 5.01 Å². The van der Waals surface area contributed by atoms with Gasteiger partial charge in [0, 0.05) is 4.47 Å². The minimum absolute atomic E-state index is 0.0295. The zero-order valence-corrected chi connectivity index (χ0v) is 24.6. The average molecular weight is 614 g/mol. The molecule has 0 bridgehead atoms. The lowest BCUT2D eigenvalue weighted by atomic mass is 10.1. The smallest absolute Gasteiger partial charge is 0.283 e. The van der Waals surface area contributed by atoms with E-state index in [1.54, 1.807) is 18.2 Å². The van der Waals surface area contributed by atoms with Crippen LogP contribution in [-0.2, 0) is 4.79 Å². The number of unbranched alkanes of at least 4 members (excludes halogenated alkanes) is 4. The van der Waals surface area contributed by atoms with Crippen LogP contribution in [0.4, 0.5) is 0 Å². The molecule has 0 saturated carbocycles. The number of thioether (sulfide) groups is 1. The first-order valence-corrected chi connectivity index (χ1v) is 14.9. The van der Waals surface area contributed by atoms with Gasteiger partial charge in [-0.1, -0.05) is 54.6 Å². The number of carbonyl (C=O) groups is 1. The van der Waals surface area contributed by atoms with Gasteiger partial charge in [0.25, 0.3) is 5.91 Å². The summed E-state index contributed by atoms with van der Waals surface area (Å²) in [5, 5.41) is 16.0. The second-order valence-corrected chi connectivity index (χ2v) is 10.9. The number of benzene rings is 2. The minimum atomic E-state index is -0.443. The molecule has 8 nitrogen and oxygen atoms in total. The normalized spacial score (nSPS) is 15.8. The summed E-state index contributed by atoms with van der Waals surface area (Å²) in [7, 11) is 0. The van der Waals surface area contributed by atoms with E-state index in [2.05, 4.69) is 32.9 Å². The van der Waals surface area contributed by atoms with Crippen molar-refractivity contribution in [3.05, 3.63) is 58.1 Å². The van der Waals surface area contributed by atoms with Crippen LogP contribution in [0.5, 0.6) is 17.2 Å². The molecule has 2 aromatic rings. The van der Waals surface area contributed by atoms with Crippen LogP contribution in [0.3, 0.4) is 0 Å². The third kappa shape index (κ3) is 7.95. The lowest BCUT2D eigenvalue weighted by Gasteiger charge is -2.20. The van der Waals surface area contributed by atoms with Crippen molar-refractivity contribution in [3.63, 3.8) is 0 Å². The molecule has 2 aromatic carbocycles. The lowest BCUT2D eigenvalue weighted by molar-refractivity contribution is -0.114. The van der Waals surface area contributed by atoms with Gasteiger partial charge in [0.15, 0.2) is 17.3 Å². The molecule has 206 valence electrons. The SMILES string of the molecule is CCCCCCCC1=NN2C(=N)/C(=C\c3ccc(OCCOc4ccc(Br)cc4)c(OCC)c3)C(=O)N=C2S1. The number of amidine groups is 2. The third-order valence-corrected chi connectivity index (χ3v) is 7.49. The van der Waals surface area contributed by atoms with Gasteiger partial charge < -0.3 is 14.2 Å². The molecule has 2 aliphatic rings. The minimum Gasteiger partial charge on any atom is -0.490 e. The maximum absolute atomic E-state index is 12.8. The Hall–Kier alpha value is -3.11. The van der Waals surface area contributed by atoms with Crippen LogP contribution in [0.25, 0.3) is 6.08 Å². The predicted octanol–water partition coefficient (Wildman–Crippen LogP) is 7.29. The molecular formula is C29H33BrN4O4S. The zero-order chi connectivity index (χ0) is 27.6. The first-order chi connectivity index (χ1) is 19.0. The number of ether oxygens (including phenoxy) is 3. The summed E-state index contributed by atoms with van der Waals surface area (Å²) < 4.78 is 18.4. The molecule has 1 N–H and O–H groups in total. The number of rotatable bonds is 14. The van der Waals surface area contributed by atoms with Crippen LogP contribution in [0.15, 0.2) is 62.6 Å². The number of hydrogen-bond acceptors (Lipinski definition) is 7. The average Bonchev–Trinajstić information content (AvgIpc) is 3.34. The lowest BCUT2D eigenvalue weighted by Crippen LogP contribution is -2.35. The van der Waals surface area contributed by atoms with E-state index in [4.69, 9.17) is 19.6 Å². The Bertz CT molecular complexity index is 1280. The number of nitrogens with one attached hydrogen (secondary N) is 1. The van der Waals surface area contributed by atoms with Crippen LogP contribution in [0.2, 0.25) is 0 Å². The number of nitrogens with zero attached hydrogens (tertiary/aromatic N) is 3. The highest BCUT2D eigenvalue weighted by Gasteiger charge is 2.35. The highest BCUT2D eigenvalue weighted by atomic mass is 79.9. The predicted molar refractivity (Wildman–Crippen MR) is 161 cm³/mol. The molecule has 39 heavy (non-hydrogen) atoms. The monoisotopic (exact) mass is 612 g/mol. The fraction of sp³-hybridized carbons (Fsp3) is 0.379. The van der Waals surface area contributed by atoms with E-state index in [9.17, 15) is 4.79 Å². The van der Waals surface area contributed by atoms with Crippen LogP contribution < -0.4 is 14.2 Å². The Morgan fingerprint density at radius 3 is 2.51 bits per heavy atom. The van der Waals surface area contributed by atoms with Crippen molar-refractivity contribution in [3.8, 4) is 17.2 Å². The topological polar surface area (TPSA) is 96.6 Å². The summed E-state index contributed by atoms with van der Waals surface area (Å²) in [6.07, 6.45) is 8.34. The molecule has 0 saturated heterocycles. The molecule has 2 heterocycles. The zero-order valence-electron chi connectivity index (χ0n) is 22.2. The molecule has 0 aromatic heterocycles. The summed E-state index contributed by atoms with van der Waals surface area (Å²) in [5.41, 5.74) is 0.891. The van der Waals surface area contributed by atoms with Crippen LogP contribution in [0, 0.1) is 5.41 Å². The maximum Gasteiger partial charge on any atom is 0.283 e. The van der Waals surface area contributed by atoms with E-state index in [1.807, 2.05) is 37.3 Å². The Morgan fingerprint density at radius 1 is 0.974 bits per heavy atom. The highest BCUT2D eigenvalue weighted by Crippen LogP contribution is 2.32. The van der Waals surface area contributed by atoms with Gasteiger partial charge in [-0.25, -0.2) is 0 Å². The Kier molecular flexibility index (Phi) is 10.6. The molecule has 0 radical (unpaired) electrons. The van der Waals surface area contributed by atoms with E-state index in [-0.39, 0.29) is 11.4 Å². The summed E-state index contributed by atoms with van der Waals surface area (Å²) in [4.78, 5) is 17.0. The summed E-state index contributed by atoms with van der Waals surface area (Å²) in [6.45, 7) is 5.26. The molecule has 0 unspecified atom stereocenters. The van der Waals surface area contributed by atoms with Crippen LogP contribution in [0.1, 0.15) is 57.9 Å². The standard InChI is InChI=1S/C29H33BrN4O4S/c1-3-5-6-7-8-9-26-33-34-27(31)23(28(35)32-29(34)39-26)18-20-10-15-24(25(19-20)36-4-2)38-17-16-37-22-13-11-21(30)12-14-22/h10-15,18-19,31H,3-9,16-17H2,1-2H3/b23-18+,31-27?. The number of aliphatic imine (C=N–C) groups is 1. The molecule has 2 aliphatic heterocycles.